The Morgan fingerprint density at radius 2 is 1.96 bits per heavy atom. The topological polar surface area (TPSA) is 113 Å². The number of nitrogens with zero attached hydrogens (tertiary/aromatic N) is 1. The molecule has 2 rings (SSSR count). The maximum atomic E-state index is 12.3. The quantitative estimate of drug-likeness (QED) is 0.501. The number of carboxylic acids is 2. The molecule has 0 aromatic heterocycles. The van der Waals surface area contributed by atoms with Crippen molar-refractivity contribution in [1.29, 1.82) is 0 Å². The predicted molar refractivity (Wildman–Crippen MR) is 98.3 cm³/mol. The van der Waals surface area contributed by atoms with Crippen LogP contribution < -0.4 is 9.47 Å². The van der Waals surface area contributed by atoms with Crippen molar-refractivity contribution in [2.24, 2.45) is 0 Å². The van der Waals surface area contributed by atoms with E-state index in [9.17, 15) is 14.4 Å². The molecule has 1 heterocycles. The van der Waals surface area contributed by atoms with Crippen LogP contribution in [0.25, 0.3) is 6.08 Å². The molecule has 10 heteroatoms. The molecule has 0 bridgehead atoms. The lowest BCUT2D eigenvalue weighted by Crippen LogP contribution is -2.33. The molecule has 0 atom stereocenters. The van der Waals surface area contributed by atoms with Crippen molar-refractivity contribution in [2.75, 3.05) is 19.8 Å². The van der Waals surface area contributed by atoms with Gasteiger partial charge in [-0.15, -0.1) is 0 Å². The molecular formula is C16H15NO7S2. The number of carbonyl (C=O) groups excluding carboxylic acids is 1. The van der Waals surface area contributed by atoms with Crippen molar-refractivity contribution >= 4 is 52.2 Å². The summed E-state index contributed by atoms with van der Waals surface area (Å²) in [5.41, 5.74) is 0.604. The minimum absolute atomic E-state index is 0.176. The summed E-state index contributed by atoms with van der Waals surface area (Å²) < 4.78 is 10.8. The Labute approximate surface area is 158 Å². The number of thioether (sulfide) groups is 1. The summed E-state index contributed by atoms with van der Waals surface area (Å²) in [5.74, 6) is -2.14. The van der Waals surface area contributed by atoms with Crippen molar-refractivity contribution < 1.29 is 34.1 Å². The molecule has 0 spiro atoms. The summed E-state index contributed by atoms with van der Waals surface area (Å²) in [6.45, 7) is 1.11. The third-order valence-corrected chi connectivity index (χ3v) is 4.46. The molecular weight excluding hydrogens is 382 g/mol. The summed E-state index contributed by atoms with van der Waals surface area (Å²) in [6.07, 6.45) is 1.56. The molecule has 1 aliphatic rings. The average Bonchev–Trinajstić information content (AvgIpc) is 2.81. The smallest absolute Gasteiger partial charge is 0.341 e. The number of carboxylic acid groups (broad SMARTS) is 2. The lowest BCUT2D eigenvalue weighted by molar-refractivity contribution is -0.140. The summed E-state index contributed by atoms with van der Waals surface area (Å²) >= 11 is 6.05. The third-order valence-electron chi connectivity index (χ3n) is 3.08. The predicted octanol–water partition coefficient (Wildman–Crippen LogP) is 1.83. The Morgan fingerprint density at radius 3 is 2.58 bits per heavy atom. The van der Waals surface area contributed by atoms with Gasteiger partial charge in [0.2, 0.25) is 0 Å². The number of thiocarbonyl (C=S) groups is 1. The van der Waals surface area contributed by atoms with E-state index in [4.69, 9.17) is 31.9 Å². The standard InChI is InChI=1S/C16H15NO7S2/c1-2-23-11-5-9(3-4-10(11)24-8-14(20)21)6-12-15(22)17(7-13(18)19)16(25)26-12/h3-6H,2,7-8H2,1H3,(H,18,19)(H,20,21)/b12-6+. The zero-order valence-electron chi connectivity index (χ0n) is 13.6. The van der Waals surface area contributed by atoms with E-state index in [1.54, 1.807) is 25.1 Å². The molecule has 26 heavy (non-hydrogen) atoms. The van der Waals surface area contributed by atoms with Gasteiger partial charge in [0, 0.05) is 0 Å². The summed E-state index contributed by atoms with van der Waals surface area (Å²) in [7, 11) is 0. The maximum absolute atomic E-state index is 12.3. The highest BCUT2D eigenvalue weighted by Crippen LogP contribution is 2.34. The number of hydrogen-bond donors (Lipinski definition) is 2. The molecule has 1 aromatic rings. The van der Waals surface area contributed by atoms with Crippen molar-refractivity contribution in [3.05, 3.63) is 28.7 Å². The van der Waals surface area contributed by atoms with Crippen LogP contribution in [0.15, 0.2) is 23.1 Å². The molecule has 0 saturated carbocycles. The van der Waals surface area contributed by atoms with Crippen LogP contribution in [0, 0.1) is 0 Å². The molecule has 0 aliphatic carbocycles. The van der Waals surface area contributed by atoms with Gasteiger partial charge in [-0.2, -0.15) is 0 Å². The van der Waals surface area contributed by atoms with Crippen LogP contribution in [-0.4, -0.2) is 57.0 Å². The number of carbonyl (C=O) groups is 3. The lowest BCUT2D eigenvalue weighted by Gasteiger charge is -2.11. The second-order valence-corrected chi connectivity index (χ2v) is 6.66. The average molecular weight is 397 g/mol. The third kappa shape index (κ3) is 4.96. The number of ether oxygens (including phenoxy) is 2. The molecule has 1 fully saturated rings. The van der Waals surface area contributed by atoms with Crippen LogP contribution >= 0.6 is 24.0 Å². The molecule has 8 nitrogen and oxygen atoms in total. The Hall–Kier alpha value is -2.59. The van der Waals surface area contributed by atoms with Crippen LogP contribution in [0.3, 0.4) is 0 Å². The van der Waals surface area contributed by atoms with E-state index in [-0.39, 0.29) is 15.0 Å². The maximum Gasteiger partial charge on any atom is 0.341 e. The van der Waals surface area contributed by atoms with Crippen LogP contribution in [0.4, 0.5) is 0 Å². The van der Waals surface area contributed by atoms with E-state index in [0.29, 0.717) is 17.9 Å². The highest BCUT2D eigenvalue weighted by molar-refractivity contribution is 8.26. The number of hydrogen-bond acceptors (Lipinski definition) is 7. The Balaban J connectivity index is 2.25. The molecule has 1 amide bonds. The number of amides is 1. The van der Waals surface area contributed by atoms with Crippen LogP contribution in [0.5, 0.6) is 11.5 Å². The highest BCUT2D eigenvalue weighted by atomic mass is 32.2. The lowest BCUT2D eigenvalue weighted by atomic mass is 10.2. The van der Waals surface area contributed by atoms with Gasteiger partial charge in [0.1, 0.15) is 10.9 Å². The fourth-order valence-electron chi connectivity index (χ4n) is 2.06. The first-order valence-corrected chi connectivity index (χ1v) is 8.63. The van der Waals surface area contributed by atoms with Gasteiger partial charge in [0.15, 0.2) is 18.1 Å². The van der Waals surface area contributed by atoms with Gasteiger partial charge in [-0.05, 0) is 30.7 Å². The minimum Gasteiger partial charge on any atom is -0.490 e. The van der Waals surface area contributed by atoms with Gasteiger partial charge in [0.05, 0.1) is 11.5 Å². The summed E-state index contributed by atoms with van der Waals surface area (Å²) in [6, 6.07) is 4.77. The SMILES string of the molecule is CCOc1cc(/C=C2/SC(=S)N(CC(=O)O)C2=O)ccc1OCC(=O)O. The van der Waals surface area contributed by atoms with E-state index in [1.807, 2.05) is 0 Å². The van der Waals surface area contributed by atoms with Crippen molar-refractivity contribution in [1.82, 2.24) is 4.90 Å². The number of aliphatic carboxylic acids is 2. The van der Waals surface area contributed by atoms with Gasteiger partial charge >= 0.3 is 11.9 Å². The molecule has 2 N–H and O–H groups in total. The fourth-order valence-corrected chi connectivity index (χ4v) is 3.32. The van der Waals surface area contributed by atoms with Crippen LogP contribution in [-0.2, 0) is 14.4 Å². The van der Waals surface area contributed by atoms with Crippen molar-refractivity contribution in [3.63, 3.8) is 0 Å². The summed E-state index contributed by atoms with van der Waals surface area (Å²) in [5, 5.41) is 17.6. The Morgan fingerprint density at radius 1 is 1.23 bits per heavy atom. The molecule has 138 valence electrons. The molecule has 1 aliphatic heterocycles. The number of benzene rings is 1. The van der Waals surface area contributed by atoms with Crippen LogP contribution in [0.2, 0.25) is 0 Å². The second kappa shape index (κ2) is 8.68. The van der Waals surface area contributed by atoms with E-state index in [0.717, 1.165) is 16.7 Å². The molecule has 0 unspecified atom stereocenters. The first-order valence-electron chi connectivity index (χ1n) is 7.40. The Bertz CT molecular complexity index is 791. The van der Waals surface area contributed by atoms with Gasteiger partial charge < -0.3 is 19.7 Å². The second-order valence-electron chi connectivity index (χ2n) is 4.98. The van der Waals surface area contributed by atoms with Crippen LogP contribution in [0.1, 0.15) is 12.5 Å². The first-order chi connectivity index (χ1) is 12.3. The fraction of sp³-hybridized carbons (Fsp3) is 0.250. The molecule has 1 saturated heterocycles. The van der Waals surface area contributed by atoms with Gasteiger partial charge in [-0.1, -0.05) is 30.0 Å². The summed E-state index contributed by atoms with van der Waals surface area (Å²) in [4.78, 5) is 35.0. The van der Waals surface area contributed by atoms with E-state index >= 15 is 0 Å². The number of rotatable bonds is 8. The van der Waals surface area contributed by atoms with E-state index in [2.05, 4.69) is 0 Å². The normalized spacial score (nSPS) is 15.4. The first kappa shape index (κ1) is 19.7. The van der Waals surface area contributed by atoms with E-state index in [1.165, 1.54) is 6.07 Å². The van der Waals surface area contributed by atoms with Gasteiger partial charge in [0.25, 0.3) is 5.91 Å². The highest BCUT2D eigenvalue weighted by Gasteiger charge is 2.33. The largest absolute Gasteiger partial charge is 0.490 e. The molecule has 1 aromatic carbocycles. The monoisotopic (exact) mass is 397 g/mol. The van der Waals surface area contributed by atoms with Gasteiger partial charge in [-0.3, -0.25) is 14.5 Å². The zero-order chi connectivity index (χ0) is 19.3. The van der Waals surface area contributed by atoms with Gasteiger partial charge in [-0.25, -0.2) is 4.79 Å². The Kier molecular flexibility index (Phi) is 6.58. The zero-order valence-corrected chi connectivity index (χ0v) is 15.3. The molecule has 0 radical (unpaired) electrons. The minimum atomic E-state index is -1.15. The van der Waals surface area contributed by atoms with Crippen molar-refractivity contribution in [3.8, 4) is 11.5 Å². The van der Waals surface area contributed by atoms with Crippen molar-refractivity contribution in [2.45, 2.75) is 6.92 Å². The van der Waals surface area contributed by atoms with E-state index < -0.39 is 31.0 Å².